The van der Waals surface area contributed by atoms with Gasteiger partial charge in [-0.25, -0.2) is 9.97 Å². The fourth-order valence-electron chi connectivity index (χ4n) is 9.79. The van der Waals surface area contributed by atoms with Gasteiger partial charge < -0.3 is 9.46 Å². The Hall–Kier alpha value is -6.61. The average molecular weight is 780 g/mol. The van der Waals surface area contributed by atoms with Crippen LogP contribution in [0.1, 0.15) is 65.3 Å². The van der Waals surface area contributed by atoms with E-state index in [4.69, 9.17) is 9.97 Å². The minimum absolute atomic E-state index is 0.0827. The van der Waals surface area contributed by atoms with Crippen molar-refractivity contribution in [3.8, 4) is 22.5 Å². The van der Waals surface area contributed by atoms with Gasteiger partial charge in [0.25, 0.3) is 0 Å². The molecule has 0 saturated heterocycles. The van der Waals surface area contributed by atoms with E-state index in [1.165, 1.54) is 22.4 Å². The molecule has 7 aromatic rings. The Labute approximate surface area is 346 Å². The van der Waals surface area contributed by atoms with Gasteiger partial charge in [0.15, 0.2) is 13.0 Å². The molecule has 3 heterocycles. The Balaban J connectivity index is 1.06. The van der Waals surface area contributed by atoms with E-state index in [9.17, 15) is 0 Å². The Morgan fingerprint density at radius 3 is 1.83 bits per heavy atom. The van der Waals surface area contributed by atoms with Gasteiger partial charge in [-0.2, -0.15) is 0 Å². The van der Waals surface area contributed by atoms with E-state index < -0.39 is 7.14 Å². The molecule has 6 aromatic carbocycles. The van der Waals surface area contributed by atoms with Crippen LogP contribution >= 0.6 is 7.14 Å². The number of para-hydroxylation sites is 2. The Bertz CT molecular complexity index is 2890. The number of anilines is 2. The molecule has 0 spiro atoms. The van der Waals surface area contributed by atoms with Crippen molar-refractivity contribution < 1.29 is 4.57 Å². The highest BCUT2D eigenvalue weighted by Gasteiger charge is 2.54. The Morgan fingerprint density at radius 1 is 0.525 bits per heavy atom. The average Bonchev–Trinajstić information content (AvgIpc) is 3.51. The van der Waals surface area contributed by atoms with Crippen LogP contribution in [0.5, 0.6) is 0 Å². The zero-order valence-corrected chi connectivity index (χ0v) is 33.5. The van der Waals surface area contributed by atoms with E-state index >= 15 is 4.57 Å². The molecule has 3 unspecified atom stereocenters. The van der Waals surface area contributed by atoms with Gasteiger partial charge in [-0.1, -0.05) is 164 Å². The normalized spacial score (nSPS) is 20.3. The van der Waals surface area contributed by atoms with Crippen molar-refractivity contribution in [3.05, 3.63) is 228 Å². The molecule has 3 atom stereocenters. The van der Waals surface area contributed by atoms with Crippen molar-refractivity contribution in [1.29, 1.82) is 0 Å². The number of hydrogen-bond acceptors (Lipinski definition) is 4. The van der Waals surface area contributed by atoms with Gasteiger partial charge in [-0.15, -0.1) is 0 Å². The summed E-state index contributed by atoms with van der Waals surface area (Å²) in [5.74, 6) is 0.673. The number of rotatable bonds is 6. The molecule has 59 heavy (non-hydrogen) atoms. The number of hydrogen-bond donors (Lipinski definition) is 0. The highest BCUT2D eigenvalue weighted by molar-refractivity contribution is 7.79. The van der Waals surface area contributed by atoms with Gasteiger partial charge in [0.2, 0.25) is 0 Å². The van der Waals surface area contributed by atoms with Crippen LogP contribution in [0.15, 0.2) is 200 Å². The molecule has 0 saturated carbocycles. The minimum atomic E-state index is -3.23. The first-order chi connectivity index (χ1) is 29.1. The van der Waals surface area contributed by atoms with Crippen LogP contribution in [0.25, 0.3) is 33.7 Å². The van der Waals surface area contributed by atoms with E-state index in [-0.39, 0.29) is 11.6 Å². The quantitative estimate of drug-likeness (QED) is 0.158. The van der Waals surface area contributed by atoms with Crippen molar-refractivity contribution in [3.63, 3.8) is 0 Å². The predicted molar refractivity (Wildman–Crippen MR) is 244 cm³/mol. The second kappa shape index (κ2) is 14.6. The predicted octanol–water partition coefficient (Wildman–Crippen LogP) is 13.0. The van der Waals surface area contributed by atoms with Gasteiger partial charge in [0.05, 0.1) is 17.0 Å². The molecule has 284 valence electrons. The first-order valence-corrected chi connectivity index (χ1v) is 22.5. The SMILES string of the molecule is O=P1(c2cccc(C3=CC=CCC3)c2)c2ccccc2C2c3ccccc3N(C3=CC=C(c4nc(-c5ccccc5)cc(-c5ccccc5)n4)CC3)c3ccccc3C21. The van der Waals surface area contributed by atoms with E-state index in [1.54, 1.807) is 0 Å². The van der Waals surface area contributed by atoms with Crippen LogP contribution in [0.2, 0.25) is 0 Å². The van der Waals surface area contributed by atoms with Crippen molar-refractivity contribution in [2.75, 3.05) is 4.90 Å². The van der Waals surface area contributed by atoms with Crippen LogP contribution < -0.4 is 15.5 Å². The topological polar surface area (TPSA) is 46.1 Å². The highest BCUT2D eigenvalue weighted by Crippen LogP contribution is 2.72. The second-order valence-corrected chi connectivity index (χ2v) is 18.7. The molecule has 0 amide bonds. The molecule has 4 aliphatic rings. The third-order valence-electron chi connectivity index (χ3n) is 12.5. The van der Waals surface area contributed by atoms with Crippen molar-refractivity contribution in [2.24, 2.45) is 0 Å². The van der Waals surface area contributed by atoms with Gasteiger partial charge in [0.1, 0.15) is 0 Å². The summed E-state index contributed by atoms with van der Waals surface area (Å²) in [5.41, 5.74) is 14.2. The van der Waals surface area contributed by atoms with Crippen LogP contribution in [-0.4, -0.2) is 9.97 Å². The summed E-state index contributed by atoms with van der Waals surface area (Å²) in [6, 6.07) is 57.6. The van der Waals surface area contributed by atoms with Gasteiger partial charge in [0, 0.05) is 44.7 Å². The summed E-state index contributed by atoms with van der Waals surface area (Å²) in [6.07, 6.45) is 14.6. The van der Waals surface area contributed by atoms with Crippen molar-refractivity contribution >= 4 is 40.3 Å². The molecule has 0 radical (unpaired) electrons. The number of fused-ring (bicyclic) bond motifs is 7. The van der Waals surface area contributed by atoms with Gasteiger partial charge >= 0.3 is 0 Å². The second-order valence-electron chi connectivity index (χ2n) is 15.8. The lowest BCUT2D eigenvalue weighted by atomic mass is 9.86. The molecule has 0 N–H and O–H groups in total. The minimum Gasteiger partial charge on any atom is -0.314 e. The molecule has 4 nitrogen and oxygen atoms in total. The summed E-state index contributed by atoms with van der Waals surface area (Å²) in [5, 5.41) is 1.92. The smallest absolute Gasteiger partial charge is 0.156 e. The monoisotopic (exact) mass is 779 g/mol. The maximum atomic E-state index is 16.6. The molecule has 1 aromatic heterocycles. The maximum Gasteiger partial charge on any atom is 0.156 e. The third kappa shape index (κ3) is 6.01. The molecule has 2 aliphatic heterocycles. The van der Waals surface area contributed by atoms with Crippen LogP contribution in [0.3, 0.4) is 0 Å². The molecule has 0 fully saturated rings. The third-order valence-corrected chi connectivity index (χ3v) is 16.1. The number of allylic oxidation sites excluding steroid dienone is 8. The maximum absolute atomic E-state index is 16.6. The molecular formula is C54H42N3OP. The van der Waals surface area contributed by atoms with Crippen molar-refractivity contribution in [2.45, 2.75) is 37.3 Å². The van der Waals surface area contributed by atoms with E-state index in [1.807, 2.05) is 12.1 Å². The highest BCUT2D eigenvalue weighted by atomic mass is 31.2. The molecule has 2 aliphatic carbocycles. The zero-order valence-electron chi connectivity index (χ0n) is 32.7. The number of benzene rings is 6. The fraction of sp³-hybridized carbons (Fsp3) is 0.111. The Morgan fingerprint density at radius 2 is 1.15 bits per heavy atom. The largest absolute Gasteiger partial charge is 0.314 e. The first-order valence-electron chi connectivity index (χ1n) is 20.7. The summed E-state index contributed by atoms with van der Waals surface area (Å²) < 4.78 is 16.6. The van der Waals surface area contributed by atoms with Crippen LogP contribution in [0.4, 0.5) is 11.4 Å². The molecule has 5 heteroatoms. The van der Waals surface area contributed by atoms with E-state index in [0.717, 1.165) is 92.7 Å². The molecule has 0 bridgehead atoms. The lowest BCUT2D eigenvalue weighted by molar-refractivity contribution is 0.577. The van der Waals surface area contributed by atoms with E-state index in [0.29, 0.717) is 0 Å². The van der Waals surface area contributed by atoms with Crippen LogP contribution in [0, 0.1) is 0 Å². The summed E-state index contributed by atoms with van der Waals surface area (Å²) in [7, 11) is -3.23. The molecular weight excluding hydrogens is 738 g/mol. The Kier molecular flexibility index (Phi) is 8.82. The van der Waals surface area contributed by atoms with Gasteiger partial charge in [-0.05, 0) is 89.4 Å². The number of nitrogens with zero attached hydrogens (tertiary/aromatic N) is 3. The van der Waals surface area contributed by atoms with Crippen LogP contribution in [-0.2, 0) is 4.57 Å². The zero-order chi connectivity index (χ0) is 39.3. The van der Waals surface area contributed by atoms with Crippen molar-refractivity contribution in [1.82, 2.24) is 9.97 Å². The van der Waals surface area contributed by atoms with Gasteiger partial charge in [-0.3, -0.25) is 0 Å². The summed E-state index contributed by atoms with van der Waals surface area (Å²) in [4.78, 5) is 12.8. The van der Waals surface area contributed by atoms with E-state index in [2.05, 4.69) is 187 Å². The lowest BCUT2D eigenvalue weighted by Crippen LogP contribution is -2.21. The standard InChI is InChI=1S/C54H42N3OP/c58-59(43-24-16-23-41(35-43)37-17-4-1-5-18-37)51-30-15-12-27-46(51)52-44-25-10-13-28-49(44)57(50-29-14-11-26-45(50)53(52)59)42-33-31-40(32-34-42)54-55-47(38-19-6-2-7-20-38)36-48(56-54)39-21-8-3-9-22-39/h1-4,6-17,19-31,33,35-36,52-53H,5,18,32,34H2. The first kappa shape index (κ1) is 35.5. The summed E-state index contributed by atoms with van der Waals surface area (Å²) in [6.45, 7) is 0. The fourth-order valence-corrected chi connectivity index (χ4v) is 13.6. The summed E-state index contributed by atoms with van der Waals surface area (Å²) >= 11 is 0. The number of aromatic nitrogens is 2. The lowest BCUT2D eigenvalue weighted by Gasteiger charge is -2.32. The molecule has 11 rings (SSSR count).